The quantitative estimate of drug-likeness (QED) is 0.862. The lowest BCUT2D eigenvalue weighted by molar-refractivity contribution is 0.0771. The summed E-state index contributed by atoms with van der Waals surface area (Å²) in [7, 11) is 1.51. The topological polar surface area (TPSA) is 64.6 Å². The van der Waals surface area contributed by atoms with Crippen LogP contribution in [0, 0.1) is 5.82 Å². The van der Waals surface area contributed by atoms with E-state index in [-0.39, 0.29) is 17.8 Å². The summed E-state index contributed by atoms with van der Waals surface area (Å²) in [6.07, 6.45) is 0.572. The first-order valence-electron chi connectivity index (χ1n) is 7.25. The number of hydrogen-bond donors (Lipinski definition) is 0. The number of methoxy groups -OCH3 is 1. The van der Waals surface area contributed by atoms with Crippen molar-refractivity contribution in [3.63, 3.8) is 0 Å². The molecule has 0 N–H and O–H groups in total. The van der Waals surface area contributed by atoms with Crippen LogP contribution in [0.3, 0.4) is 0 Å². The highest BCUT2D eigenvalue weighted by Gasteiger charge is 2.28. The van der Waals surface area contributed by atoms with E-state index in [0.29, 0.717) is 36.8 Å². The Hall–Kier alpha value is -2.70. The number of halogens is 1. The summed E-state index contributed by atoms with van der Waals surface area (Å²) in [6, 6.07) is 8.88. The van der Waals surface area contributed by atoms with Crippen LogP contribution < -0.4 is 9.47 Å². The molecule has 1 fully saturated rings. The van der Waals surface area contributed by atoms with Gasteiger partial charge in [0.25, 0.3) is 5.91 Å². The third kappa shape index (κ3) is 3.56. The molecule has 0 radical (unpaired) electrons. The first-order chi connectivity index (χ1) is 11.2. The Morgan fingerprint density at radius 1 is 1.17 bits per heavy atom. The Morgan fingerprint density at radius 2 is 1.87 bits per heavy atom. The van der Waals surface area contributed by atoms with E-state index in [2.05, 4.69) is 10.2 Å². The minimum Gasteiger partial charge on any atom is -0.480 e. The molecular formula is C16H16FN3O3. The molecule has 1 amide bonds. The fraction of sp³-hybridized carbons (Fsp3) is 0.312. The van der Waals surface area contributed by atoms with Gasteiger partial charge in [0.05, 0.1) is 13.7 Å². The van der Waals surface area contributed by atoms with E-state index in [4.69, 9.17) is 9.47 Å². The second kappa shape index (κ2) is 6.60. The Bertz CT molecular complexity index is 676. The van der Waals surface area contributed by atoms with Crippen molar-refractivity contribution >= 4 is 5.91 Å². The van der Waals surface area contributed by atoms with Crippen molar-refractivity contribution in [2.75, 3.05) is 20.2 Å². The molecule has 120 valence electrons. The predicted octanol–water partition coefficient (Wildman–Crippen LogP) is 1.92. The molecule has 1 aromatic carbocycles. The van der Waals surface area contributed by atoms with Gasteiger partial charge in [-0.2, -0.15) is 0 Å². The van der Waals surface area contributed by atoms with Gasteiger partial charge in [-0.25, -0.2) is 4.39 Å². The Kier molecular flexibility index (Phi) is 4.36. The average molecular weight is 317 g/mol. The Labute approximate surface area is 132 Å². The summed E-state index contributed by atoms with van der Waals surface area (Å²) < 4.78 is 23.6. The van der Waals surface area contributed by atoms with Crippen LogP contribution in [0.2, 0.25) is 0 Å². The monoisotopic (exact) mass is 317 g/mol. The molecule has 0 spiro atoms. The molecule has 1 aromatic heterocycles. The molecule has 1 unspecified atom stereocenters. The number of benzene rings is 1. The summed E-state index contributed by atoms with van der Waals surface area (Å²) in [4.78, 5) is 14.0. The highest BCUT2D eigenvalue weighted by molar-refractivity contribution is 5.94. The van der Waals surface area contributed by atoms with Crippen molar-refractivity contribution in [2.24, 2.45) is 0 Å². The normalized spacial score (nSPS) is 17.1. The number of nitrogens with zero attached hydrogens (tertiary/aromatic N) is 3. The highest BCUT2D eigenvalue weighted by Crippen LogP contribution is 2.19. The number of aromatic nitrogens is 2. The second-order valence-corrected chi connectivity index (χ2v) is 5.20. The van der Waals surface area contributed by atoms with Gasteiger partial charge in [0.2, 0.25) is 11.8 Å². The summed E-state index contributed by atoms with van der Waals surface area (Å²) in [5, 5.41) is 7.74. The summed E-state index contributed by atoms with van der Waals surface area (Å²) in [5.41, 5.74) is 0.469. The zero-order valence-electron chi connectivity index (χ0n) is 12.6. The number of likely N-dealkylation sites (tertiary alicyclic amines) is 1. The lowest BCUT2D eigenvalue weighted by atomic mass is 10.2. The largest absolute Gasteiger partial charge is 0.480 e. The van der Waals surface area contributed by atoms with Crippen LogP contribution in [0.25, 0.3) is 0 Å². The van der Waals surface area contributed by atoms with Crippen molar-refractivity contribution in [2.45, 2.75) is 12.5 Å². The van der Waals surface area contributed by atoms with Crippen molar-refractivity contribution in [1.82, 2.24) is 15.1 Å². The zero-order valence-corrected chi connectivity index (χ0v) is 12.6. The molecule has 23 heavy (non-hydrogen) atoms. The maximum absolute atomic E-state index is 12.9. The van der Waals surface area contributed by atoms with E-state index in [1.807, 2.05) is 0 Å². The van der Waals surface area contributed by atoms with E-state index in [0.717, 1.165) is 0 Å². The number of carbonyl (C=O) groups excluding carboxylic acids is 1. The van der Waals surface area contributed by atoms with Gasteiger partial charge < -0.3 is 14.4 Å². The second-order valence-electron chi connectivity index (χ2n) is 5.20. The smallest absolute Gasteiger partial charge is 0.253 e. The van der Waals surface area contributed by atoms with Crippen LogP contribution >= 0.6 is 0 Å². The molecule has 0 bridgehead atoms. The third-order valence-electron chi connectivity index (χ3n) is 3.64. The standard InChI is InChI=1S/C16H16FN3O3/c1-22-14-6-7-15(19-18-14)23-13-8-9-20(10-13)16(21)11-2-4-12(17)5-3-11/h2-7,13H,8-10H2,1H3. The molecular weight excluding hydrogens is 301 g/mol. The first kappa shape index (κ1) is 15.2. The van der Waals surface area contributed by atoms with Crippen LogP contribution in [0.15, 0.2) is 36.4 Å². The molecule has 2 heterocycles. The first-order valence-corrected chi connectivity index (χ1v) is 7.25. The van der Waals surface area contributed by atoms with E-state index in [1.165, 1.54) is 31.4 Å². The van der Waals surface area contributed by atoms with Crippen molar-refractivity contribution < 1.29 is 18.7 Å². The molecule has 1 aliphatic rings. The van der Waals surface area contributed by atoms with E-state index in [1.54, 1.807) is 17.0 Å². The number of carbonyl (C=O) groups is 1. The van der Waals surface area contributed by atoms with Gasteiger partial charge in [-0.3, -0.25) is 4.79 Å². The fourth-order valence-electron chi connectivity index (χ4n) is 2.43. The molecule has 3 rings (SSSR count). The minimum absolute atomic E-state index is 0.128. The van der Waals surface area contributed by atoms with Crippen molar-refractivity contribution in [1.29, 1.82) is 0 Å². The van der Waals surface area contributed by atoms with Gasteiger partial charge in [0.15, 0.2) is 0 Å². The molecule has 2 aromatic rings. The molecule has 1 atom stereocenters. The molecule has 1 saturated heterocycles. The summed E-state index contributed by atoms with van der Waals surface area (Å²) >= 11 is 0. The van der Waals surface area contributed by atoms with Crippen LogP contribution in [-0.2, 0) is 0 Å². The Morgan fingerprint density at radius 3 is 2.52 bits per heavy atom. The fourth-order valence-corrected chi connectivity index (χ4v) is 2.43. The highest BCUT2D eigenvalue weighted by atomic mass is 19.1. The van der Waals surface area contributed by atoms with Gasteiger partial charge in [0.1, 0.15) is 11.9 Å². The molecule has 0 aliphatic carbocycles. The van der Waals surface area contributed by atoms with Gasteiger partial charge in [-0.05, 0) is 24.3 Å². The van der Waals surface area contributed by atoms with E-state index >= 15 is 0 Å². The predicted molar refractivity (Wildman–Crippen MR) is 79.9 cm³/mol. The number of hydrogen-bond acceptors (Lipinski definition) is 5. The Balaban J connectivity index is 1.59. The molecule has 7 heteroatoms. The molecule has 6 nitrogen and oxygen atoms in total. The van der Waals surface area contributed by atoms with Crippen molar-refractivity contribution in [3.05, 3.63) is 47.8 Å². The molecule has 1 aliphatic heterocycles. The van der Waals surface area contributed by atoms with Crippen LogP contribution in [0.1, 0.15) is 16.8 Å². The number of ether oxygens (including phenoxy) is 2. The maximum Gasteiger partial charge on any atom is 0.253 e. The molecule has 0 saturated carbocycles. The van der Waals surface area contributed by atoms with Gasteiger partial charge in [-0.15, -0.1) is 10.2 Å². The maximum atomic E-state index is 12.9. The van der Waals surface area contributed by atoms with Gasteiger partial charge in [-0.1, -0.05) is 0 Å². The third-order valence-corrected chi connectivity index (χ3v) is 3.64. The summed E-state index contributed by atoms with van der Waals surface area (Å²) in [5.74, 6) is 0.322. The van der Waals surface area contributed by atoms with Crippen molar-refractivity contribution in [3.8, 4) is 11.8 Å². The van der Waals surface area contributed by atoms with Crippen LogP contribution in [0.4, 0.5) is 4.39 Å². The van der Waals surface area contributed by atoms with Gasteiger partial charge in [0, 0.05) is 30.7 Å². The van der Waals surface area contributed by atoms with E-state index in [9.17, 15) is 9.18 Å². The summed E-state index contributed by atoms with van der Waals surface area (Å²) in [6.45, 7) is 1.05. The lowest BCUT2D eigenvalue weighted by Gasteiger charge is -2.17. The zero-order chi connectivity index (χ0) is 16.2. The van der Waals surface area contributed by atoms with Crippen LogP contribution in [-0.4, -0.2) is 47.3 Å². The number of rotatable bonds is 4. The number of amides is 1. The SMILES string of the molecule is COc1ccc(OC2CCN(C(=O)c3ccc(F)cc3)C2)nn1. The lowest BCUT2D eigenvalue weighted by Crippen LogP contribution is -2.31. The van der Waals surface area contributed by atoms with E-state index < -0.39 is 0 Å². The average Bonchev–Trinajstić information content (AvgIpc) is 3.04. The van der Waals surface area contributed by atoms with Gasteiger partial charge >= 0.3 is 0 Å². The minimum atomic E-state index is -0.359. The van der Waals surface area contributed by atoms with Crippen LogP contribution in [0.5, 0.6) is 11.8 Å².